The number of ether oxygens (including phenoxy) is 1. The van der Waals surface area contributed by atoms with Crippen LogP contribution in [0.4, 0.5) is 0 Å². The van der Waals surface area contributed by atoms with Crippen LogP contribution in [0.2, 0.25) is 0 Å². The van der Waals surface area contributed by atoms with Crippen molar-refractivity contribution < 1.29 is 13.9 Å². The monoisotopic (exact) mass is 416 g/mol. The molecule has 31 heavy (non-hydrogen) atoms. The minimum atomic E-state index is -0.717. The number of aryl methyl sites for hydroxylation is 2. The van der Waals surface area contributed by atoms with Crippen molar-refractivity contribution in [1.29, 1.82) is 5.26 Å². The number of aromatic nitrogens is 1. The molecule has 0 unspecified atom stereocenters. The number of nitriles is 1. The average Bonchev–Trinajstić information content (AvgIpc) is 3.54. The van der Waals surface area contributed by atoms with Gasteiger partial charge in [0.15, 0.2) is 0 Å². The summed E-state index contributed by atoms with van der Waals surface area (Å²) in [5, 5.41) is 10.2. The van der Waals surface area contributed by atoms with Gasteiger partial charge in [-0.2, -0.15) is 5.26 Å². The summed E-state index contributed by atoms with van der Waals surface area (Å²) in [7, 11) is 0. The van der Waals surface area contributed by atoms with Crippen molar-refractivity contribution in [2.75, 3.05) is 0 Å². The Hall–Kier alpha value is -3.59. The number of hydrogen-bond acceptors (Lipinski definition) is 5. The Morgan fingerprint density at radius 3 is 2.74 bits per heavy atom. The molecule has 1 aliphatic carbocycles. The van der Waals surface area contributed by atoms with Gasteiger partial charge in [0.1, 0.15) is 23.8 Å². The molecule has 1 aromatic carbocycles. The number of carbonyl (C=O) groups is 1. The van der Waals surface area contributed by atoms with Crippen molar-refractivity contribution in [1.82, 2.24) is 4.57 Å². The maximum atomic E-state index is 12.6. The standard InChI is InChI=1S/C25H24N2O4/c1-4-17-5-8-22-20(12-24(28)31-23(22)10-17)14-30-25(29)19(13-26)11-18-9-15(2)27(16(18)3)21-6-7-21/h5,8-12,21H,4,6-7,14H2,1-3H3/b19-11+. The van der Waals surface area contributed by atoms with Crippen LogP contribution in [0.1, 0.15) is 53.9 Å². The molecule has 2 aromatic heterocycles. The van der Waals surface area contributed by atoms with E-state index in [0.29, 0.717) is 22.6 Å². The molecule has 0 atom stereocenters. The van der Waals surface area contributed by atoms with Gasteiger partial charge in [0.2, 0.25) is 0 Å². The molecule has 0 N–H and O–H groups in total. The molecule has 4 rings (SSSR count). The third-order valence-electron chi connectivity index (χ3n) is 5.74. The van der Waals surface area contributed by atoms with Crippen LogP contribution in [-0.4, -0.2) is 10.5 Å². The van der Waals surface area contributed by atoms with E-state index in [4.69, 9.17) is 9.15 Å². The highest BCUT2D eigenvalue weighted by molar-refractivity contribution is 5.98. The first-order chi connectivity index (χ1) is 14.9. The average molecular weight is 416 g/mol. The molecule has 2 heterocycles. The molecule has 6 nitrogen and oxygen atoms in total. The van der Waals surface area contributed by atoms with Gasteiger partial charge >= 0.3 is 11.6 Å². The lowest BCUT2D eigenvalue weighted by Gasteiger charge is -2.08. The molecule has 0 radical (unpaired) electrons. The summed E-state index contributed by atoms with van der Waals surface area (Å²) in [6, 6.07) is 11.4. The summed E-state index contributed by atoms with van der Waals surface area (Å²) in [5.74, 6) is -0.717. The Balaban J connectivity index is 1.57. The Labute approximate surface area is 180 Å². The summed E-state index contributed by atoms with van der Waals surface area (Å²) in [4.78, 5) is 24.5. The third kappa shape index (κ3) is 4.17. The van der Waals surface area contributed by atoms with Crippen molar-refractivity contribution in [3.63, 3.8) is 0 Å². The highest BCUT2D eigenvalue weighted by Gasteiger charge is 2.27. The molecule has 0 bridgehead atoms. The van der Waals surface area contributed by atoms with Crippen LogP contribution in [0.3, 0.4) is 0 Å². The van der Waals surface area contributed by atoms with Gasteiger partial charge in [-0.15, -0.1) is 0 Å². The lowest BCUT2D eigenvalue weighted by Crippen LogP contribution is -2.09. The van der Waals surface area contributed by atoms with Crippen molar-refractivity contribution in [2.24, 2.45) is 0 Å². The van der Waals surface area contributed by atoms with E-state index in [9.17, 15) is 14.9 Å². The van der Waals surface area contributed by atoms with Crippen LogP contribution in [0.25, 0.3) is 17.0 Å². The van der Waals surface area contributed by atoms with E-state index in [1.54, 1.807) is 6.08 Å². The number of hydrogen-bond donors (Lipinski definition) is 0. The Kier molecular flexibility index (Phi) is 5.51. The summed E-state index contributed by atoms with van der Waals surface area (Å²) in [6.07, 6.45) is 4.71. The van der Waals surface area contributed by atoms with E-state index in [1.807, 2.05) is 51.1 Å². The smallest absolute Gasteiger partial charge is 0.349 e. The number of fused-ring (bicyclic) bond motifs is 1. The van der Waals surface area contributed by atoms with E-state index in [2.05, 4.69) is 4.57 Å². The predicted molar refractivity (Wildman–Crippen MR) is 117 cm³/mol. The zero-order valence-corrected chi connectivity index (χ0v) is 17.9. The second-order valence-corrected chi connectivity index (χ2v) is 7.95. The number of nitrogens with zero attached hydrogens (tertiary/aromatic N) is 2. The van der Waals surface area contributed by atoms with Gasteiger partial charge in [-0.1, -0.05) is 19.1 Å². The van der Waals surface area contributed by atoms with E-state index in [0.717, 1.165) is 41.8 Å². The molecule has 0 saturated heterocycles. The fraction of sp³-hybridized carbons (Fsp3) is 0.320. The predicted octanol–water partition coefficient (Wildman–Crippen LogP) is 4.76. The van der Waals surface area contributed by atoms with Crippen molar-refractivity contribution in [2.45, 2.75) is 52.7 Å². The first-order valence-corrected chi connectivity index (χ1v) is 10.4. The SMILES string of the molecule is CCc1ccc2c(COC(=O)/C(C#N)=C/c3cc(C)n(C4CC4)c3C)cc(=O)oc2c1. The molecule has 6 heteroatoms. The normalized spacial score (nSPS) is 13.9. The molecular formula is C25H24N2O4. The van der Waals surface area contributed by atoms with Gasteiger partial charge in [0.05, 0.1) is 0 Å². The van der Waals surface area contributed by atoms with Crippen LogP contribution in [-0.2, 0) is 22.6 Å². The minimum Gasteiger partial charge on any atom is -0.457 e. The molecule has 158 valence electrons. The molecule has 0 amide bonds. The van der Waals surface area contributed by atoms with Gasteiger partial charge in [-0.3, -0.25) is 0 Å². The second kappa shape index (κ2) is 8.27. The molecule has 1 fully saturated rings. The van der Waals surface area contributed by atoms with Crippen molar-refractivity contribution in [3.05, 3.63) is 74.4 Å². The molecule has 1 aliphatic rings. The van der Waals surface area contributed by atoms with Gasteiger partial charge in [-0.25, -0.2) is 9.59 Å². The second-order valence-electron chi connectivity index (χ2n) is 7.95. The summed E-state index contributed by atoms with van der Waals surface area (Å²) >= 11 is 0. The molecule has 1 saturated carbocycles. The first-order valence-electron chi connectivity index (χ1n) is 10.4. The van der Waals surface area contributed by atoms with Gasteiger partial charge in [0, 0.05) is 34.4 Å². The zero-order chi connectivity index (χ0) is 22.1. The van der Waals surface area contributed by atoms with Crippen molar-refractivity contribution in [3.8, 4) is 6.07 Å². The Morgan fingerprint density at radius 1 is 1.29 bits per heavy atom. The maximum Gasteiger partial charge on any atom is 0.349 e. The molecule has 0 aliphatic heterocycles. The van der Waals surface area contributed by atoms with Crippen LogP contribution < -0.4 is 5.63 Å². The topological polar surface area (TPSA) is 85.2 Å². The number of rotatable bonds is 6. The molecule has 3 aromatic rings. The number of benzene rings is 1. The van der Waals surface area contributed by atoms with Crippen LogP contribution in [0, 0.1) is 25.2 Å². The summed E-state index contributed by atoms with van der Waals surface area (Å²) in [6.45, 7) is 5.93. The van der Waals surface area contributed by atoms with E-state index in [1.165, 1.54) is 6.07 Å². The Bertz CT molecular complexity index is 1300. The highest BCUT2D eigenvalue weighted by Crippen LogP contribution is 2.38. The third-order valence-corrected chi connectivity index (χ3v) is 5.74. The van der Waals surface area contributed by atoms with Crippen LogP contribution >= 0.6 is 0 Å². The fourth-order valence-corrected chi connectivity index (χ4v) is 3.97. The number of esters is 1. The quantitative estimate of drug-likeness (QED) is 0.250. The summed E-state index contributed by atoms with van der Waals surface area (Å²) < 4.78 is 12.9. The largest absolute Gasteiger partial charge is 0.457 e. The Morgan fingerprint density at radius 2 is 2.06 bits per heavy atom. The van der Waals surface area contributed by atoms with Gasteiger partial charge < -0.3 is 13.7 Å². The van der Waals surface area contributed by atoms with E-state index in [-0.39, 0.29) is 12.2 Å². The fourth-order valence-electron chi connectivity index (χ4n) is 3.97. The first kappa shape index (κ1) is 20.7. The minimum absolute atomic E-state index is 0.0726. The lowest BCUT2D eigenvalue weighted by molar-refractivity contribution is -0.139. The zero-order valence-electron chi connectivity index (χ0n) is 17.9. The van der Waals surface area contributed by atoms with Crippen LogP contribution in [0.5, 0.6) is 0 Å². The highest BCUT2D eigenvalue weighted by atomic mass is 16.5. The number of carbonyl (C=O) groups excluding carboxylic acids is 1. The van der Waals surface area contributed by atoms with E-state index < -0.39 is 11.6 Å². The van der Waals surface area contributed by atoms with Gasteiger partial charge in [0.25, 0.3) is 0 Å². The van der Waals surface area contributed by atoms with Crippen LogP contribution in [0.15, 0.2) is 45.1 Å². The van der Waals surface area contributed by atoms with E-state index >= 15 is 0 Å². The molecular weight excluding hydrogens is 392 g/mol. The van der Waals surface area contributed by atoms with Gasteiger partial charge in [-0.05, 0) is 62.4 Å². The summed E-state index contributed by atoms with van der Waals surface area (Å²) in [5.41, 5.74) is 4.48. The lowest BCUT2D eigenvalue weighted by atomic mass is 10.1. The maximum absolute atomic E-state index is 12.6. The van der Waals surface area contributed by atoms with Crippen molar-refractivity contribution >= 4 is 23.0 Å². The molecule has 0 spiro atoms.